The summed E-state index contributed by atoms with van der Waals surface area (Å²) in [5.74, 6) is -3.37. The van der Waals surface area contributed by atoms with Crippen molar-refractivity contribution in [1.29, 1.82) is 0 Å². The average molecular weight is 1150 g/mol. The number of ether oxygens (including phenoxy) is 13. The van der Waals surface area contributed by atoms with Crippen molar-refractivity contribution in [2.75, 3.05) is 0 Å². The number of hydrogen-bond acceptors (Lipinski definition) is 24. The van der Waals surface area contributed by atoms with Gasteiger partial charge in [0.2, 0.25) is 0 Å². The standard InChI is InChI=1S/C56H96O24/c1-11-14-20-23-33-24-21-18-16-15-17-19-22-25-34(57)74-46-42(65)54(79-47-38(61)36(59)29(7)69-55(47)73-33)71-31(9)44(46)78-56-49(76-51(67)27(5)13-3)48(80-52-40(63)37(60)35(58)28(6)68-52)45(32(10)72-56)77-53-41(64)39(62)43(30(8)70-53)75-50(66)26(4)12-2/h26-33,35-49,52-56,58-65H,11-25H2,1-10H3/t26-,27-,28-,29+,30-,31-,32-,33-,35-,36-,37+,38-,39-,40+,41+,42+,43-,44-,45-,46-,47+,48+,49+,52-,53-,54-,55-,56-/m0/s1. The maximum Gasteiger partial charge on any atom is 0.309 e. The quantitative estimate of drug-likeness (QED) is 0.0625. The van der Waals surface area contributed by atoms with Crippen molar-refractivity contribution in [2.45, 2.75) is 325 Å². The van der Waals surface area contributed by atoms with E-state index in [0.717, 1.165) is 64.2 Å². The summed E-state index contributed by atoms with van der Waals surface area (Å²) in [6.07, 6.45) is -27.4. The monoisotopic (exact) mass is 1150 g/mol. The summed E-state index contributed by atoms with van der Waals surface area (Å²) in [4.78, 5) is 40.8. The molecule has 6 fully saturated rings. The van der Waals surface area contributed by atoms with E-state index in [0.29, 0.717) is 25.7 Å². The SMILES string of the molecule is CCCCC[C@H]1CCCCCCCCCC(=O)O[C@H]2[C@@H](O)[C@H](O[C@H]3[C@H](O1)O[C@H](C)[C@H](O)[C@@H]3O)O[C@@H](C)[C@@H]2O[C@@H]1O[C@@H](C)[C@H](O[C@@H]2O[C@@H](C)[C@H](OC(=O)[C@@H](C)CC)[C@@H](O)[C@H]2O)[C@@H](O[C@@H]2O[C@@H](C)[C@H](O)[C@@H](O)[C@H]2O)[C@H]1OC(=O)[C@@H](C)CC. The number of carbonyl (C=O) groups is 3. The van der Waals surface area contributed by atoms with Gasteiger partial charge in [-0.1, -0.05) is 92.4 Å². The third-order valence-electron chi connectivity index (χ3n) is 16.7. The molecular formula is C56H96O24. The van der Waals surface area contributed by atoms with Crippen LogP contribution in [0.1, 0.15) is 166 Å². The molecule has 28 atom stereocenters. The smallest absolute Gasteiger partial charge is 0.309 e. The van der Waals surface area contributed by atoms with Gasteiger partial charge >= 0.3 is 17.9 Å². The van der Waals surface area contributed by atoms with Gasteiger partial charge in [0, 0.05) is 6.42 Å². The number of hydrogen-bond donors (Lipinski definition) is 8. The molecule has 0 aliphatic carbocycles. The van der Waals surface area contributed by atoms with Crippen LogP contribution in [0.3, 0.4) is 0 Å². The molecule has 2 bridgehead atoms. The highest BCUT2D eigenvalue weighted by molar-refractivity contribution is 5.72. The molecule has 6 aliphatic rings. The molecule has 6 heterocycles. The minimum atomic E-state index is -1.91. The zero-order valence-corrected chi connectivity index (χ0v) is 48.4. The van der Waals surface area contributed by atoms with E-state index in [1.165, 1.54) is 20.8 Å². The summed E-state index contributed by atoms with van der Waals surface area (Å²) < 4.78 is 81.7. The van der Waals surface area contributed by atoms with E-state index in [1.807, 2.05) is 0 Å². The van der Waals surface area contributed by atoms with Crippen LogP contribution < -0.4 is 0 Å². The summed E-state index contributed by atoms with van der Waals surface area (Å²) >= 11 is 0. The van der Waals surface area contributed by atoms with Gasteiger partial charge in [-0.15, -0.1) is 0 Å². The summed E-state index contributed by atoms with van der Waals surface area (Å²) in [5, 5.41) is 91.1. The topological polar surface area (TPSA) is 333 Å². The molecule has 24 nitrogen and oxygen atoms in total. The van der Waals surface area contributed by atoms with E-state index >= 15 is 0 Å². The Labute approximate surface area is 470 Å². The highest BCUT2D eigenvalue weighted by Crippen LogP contribution is 2.39. The van der Waals surface area contributed by atoms with Crippen LogP contribution in [0.4, 0.5) is 0 Å². The predicted octanol–water partition coefficient (Wildman–Crippen LogP) is 2.46. The molecule has 6 rings (SSSR count). The number of unbranched alkanes of at least 4 members (excludes halogenated alkanes) is 2. The lowest BCUT2D eigenvalue weighted by Gasteiger charge is -2.51. The first-order valence-electron chi connectivity index (χ1n) is 29.6. The zero-order chi connectivity index (χ0) is 58.7. The second-order valence-electron chi connectivity index (χ2n) is 23.0. The van der Waals surface area contributed by atoms with Gasteiger partial charge in [0.1, 0.15) is 73.2 Å². The van der Waals surface area contributed by atoms with Crippen LogP contribution in [0.2, 0.25) is 0 Å². The van der Waals surface area contributed by atoms with Crippen molar-refractivity contribution < 1.29 is 117 Å². The van der Waals surface area contributed by atoms with Gasteiger partial charge in [0.15, 0.2) is 49.8 Å². The van der Waals surface area contributed by atoms with Crippen molar-refractivity contribution in [1.82, 2.24) is 0 Å². The van der Waals surface area contributed by atoms with Crippen LogP contribution in [-0.4, -0.2) is 218 Å². The first-order valence-corrected chi connectivity index (χ1v) is 29.6. The lowest BCUT2D eigenvalue weighted by Crippen LogP contribution is -2.68. The molecule has 24 heteroatoms. The largest absolute Gasteiger partial charge is 0.457 e. The summed E-state index contributed by atoms with van der Waals surface area (Å²) in [7, 11) is 0. The Kier molecular flexibility index (Phi) is 26.1. The molecule has 80 heavy (non-hydrogen) atoms. The summed E-state index contributed by atoms with van der Waals surface area (Å²) in [6.45, 7) is 16.5. The van der Waals surface area contributed by atoms with E-state index in [-0.39, 0.29) is 12.5 Å². The average Bonchev–Trinajstić information content (AvgIpc) is 3.43. The molecule has 0 spiro atoms. The molecule has 0 saturated carbocycles. The van der Waals surface area contributed by atoms with Gasteiger partial charge in [0.05, 0.1) is 48.5 Å². The molecule has 0 aromatic carbocycles. The molecule has 6 aliphatic heterocycles. The Morgan fingerprint density at radius 3 is 1.61 bits per heavy atom. The fourth-order valence-corrected chi connectivity index (χ4v) is 10.9. The van der Waals surface area contributed by atoms with Crippen molar-refractivity contribution in [3.8, 4) is 0 Å². The second kappa shape index (κ2) is 31.2. The number of fused-ring (bicyclic) bond motifs is 3. The molecule has 6 saturated heterocycles. The van der Waals surface area contributed by atoms with Gasteiger partial charge in [-0.3, -0.25) is 14.4 Å². The molecule has 0 aromatic heterocycles. The summed E-state index contributed by atoms with van der Waals surface area (Å²) in [6, 6.07) is 0. The van der Waals surface area contributed by atoms with E-state index in [2.05, 4.69) is 6.92 Å². The Bertz CT molecular complexity index is 1880. The highest BCUT2D eigenvalue weighted by Gasteiger charge is 2.59. The maximum absolute atomic E-state index is 14.1. The molecule has 0 aromatic rings. The first kappa shape index (κ1) is 66.8. The fourth-order valence-electron chi connectivity index (χ4n) is 10.9. The van der Waals surface area contributed by atoms with E-state index in [1.54, 1.807) is 41.5 Å². The van der Waals surface area contributed by atoms with Crippen molar-refractivity contribution in [3.05, 3.63) is 0 Å². The van der Waals surface area contributed by atoms with Crippen LogP contribution in [-0.2, 0) is 76.0 Å². The predicted molar refractivity (Wildman–Crippen MR) is 278 cm³/mol. The molecule has 8 N–H and O–H groups in total. The van der Waals surface area contributed by atoms with Crippen LogP contribution in [0.25, 0.3) is 0 Å². The highest BCUT2D eigenvalue weighted by atomic mass is 16.8. The molecule has 0 unspecified atom stereocenters. The fraction of sp³-hybridized carbons (Fsp3) is 0.946. The van der Waals surface area contributed by atoms with Crippen LogP contribution in [0.15, 0.2) is 0 Å². The lowest BCUT2D eigenvalue weighted by molar-refractivity contribution is -0.399. The van der Waals surface area contributed by atoms with Gasteiger partial charge in [-0.05, 0) is 66.7 Å². The van der Waals surface area contributed by atoms with Gasteiger partial charge in [-0.25, -0.2) is 0 Å². The maximum atomic E-state index is 14.1. The Morgan fingerprint density at radius 2 is 0.975 bits per heavy atom. The van der Waals surface area contributed by atoms with Crippen molar-refractivity contribution in [2.24, 2.45) is 11.8 Å². The van der Waals surface area contributed by atoms with Crippen LogP contribution in [0.5, 0.6) is 0 Å². The molecule has 464 valence electrons. The number of rotatable bonds is 16. The minimum Gasteiger partial charge on any atom is -0.457 e. The number of esters is 3. The third-order valence-corrected chi connectivity index (χ3v) is 16.7. The molecule has 0 amide bonds. The lowest BCUT2D eigenvalue weighted by atomic mass is 9.95. The number of carbonyl (C=O) groups excluding carboxylic acids is 3. The van der Waals surface area contributed by atoms with E-state index < -0.39 is 183 Å². The van der Waals surface area contributed by atoms with E-state index in [9.17, 15) is 55.2 Å². The van der Waals surface area contributed by atoms with Gasteiger partial charge < -0.3 is 102 Å². The summed E-state index contributed by atoms with van der Waals surface area (Å²) in [5.41, 5.74) is 0. The number of aliphatic hydroxyl groups excluding tert-OH is 8. The first-order chi connectivity index (χ1) is 38.0. The van der Waals surface area contributed by atoms with Gasteiger partial charge in [0.25, 0.3) is 0 Å². The third kappa shape index (κ3) is 16.8. The van der Waals surface area contributed by atoms with Crippen molar-refractivity contribution in [3.63, 3.8) is 0 Å². The zero-order valence-electron chi connectivity index (χ0n) is 48.4. The molecular weight excluding hydrogens is 1060 g/mol. The Hall–Kier alpha value is -2.31. The normalized spacial score (nSPS) is 44.6. The van der Waals surface area contributed by atoms with Gasteiger partial charge in [-0.2, -0.15) is 0 Å². The Morgan fingerprint density at radius 1 is 0.475 bits per heavy atom. The minimum absolute atomic E-state index is 0.0293. The van der Waals surface area contributed by atoms with Crippen molar-refractivity contribution >= 4 is 17.9 Å². The Balaban J connectivity index is 1.36. The second-order valence-corrected chi connectivity index (χ2v) is 23.0. The van der Waals surface area contributed by atoms with Crippen LogP contribution in [0, 0.1) is 11.8 Å². The molecule has 0 radical (unpaired) electrons. The van der Waals surface area contributed by atoms with E-state index in [4.69, 9.17) is 61.6 Å². The van der Waals surface area contributed by atoms with Crippen LogP contribution >= 0.6 is 0 Å². The number of aliphatic hydroxyl groups is 8.